The second-order valence-corrected chi connectivity index (χ2v) is 4.99. The molecule has 0 spiro atoms. The molecule has 1 heterocycles. The average molecular weight is 267 g/mol. The van der Waals surface area contributed by atoms with Crippen LogP contribution in [0.2, 0.25) is 0 Å². The maximum atomic E-state index is 12.0. The fraction of sp³-hybridized carbons (Fsp3) is 0.235. The Balaban J connectivity index is 1.94. The summed E-state index contributed by atoms with van der Waals surface area (Å²) >= 11 is 0. The first-order chi connectivity index (χ1) is 9.79. The lowest BCUT2D eigenvalue weighted by molar-refractivity contribution is 0.0366. The van der Waals surface area contributed by atoms with E-state index in [2.05, 4.69) is 0 Å². The standard InChI is InChI=1S/C17H17NO2/c18-10-4-7-16-14-9-8-13(11-15(14)17(19)20-16)12-5-2-1-3-6-12/h1-3,5-6,8-9,11,16H,4,7,10,18H2. The van der Waals surface area contributed by atoms with Gasteiger partial charge < -0.3 is 10.5 Å². The molecule has 1 aliphatic heterocycles. The Hall–Kier alpha value is -2.13. The molecule has 1 atom stereocenters. The van der Waals surface area contributed by atoms with E-state index < -0.39 is 0 Å². The first-order valence-electron chi connectivity index (χ1n) is 6.90. The summed E-state index contributed by atoms with van der Waals surface area (Å²) in [5, 5.41) is 0. The molecule has 1 aliphatic rings. The highest BCUT2D eigenvalue weighted by atomic mass is 16.5. The quantitative estimate of drug-likeness (QED) is 0.865. The molecule has 0 aliphatic carbocycles. The molecule has 102 valence electrons. The minimum Gasteiger partial charge on any atom is -0.454 e. The second-order valence-electron chi connectivity index (χ2n) is 4.99. The fourth-order valence-electron chi connectivity index (χ4n) is 2.60. The third kappa shape index (κ3) is 2.32. The molecule has 0 fully saturated rings. The fourth-order valence-corrected chi connectivity index (χ4v) is 2.60. The maximum absolute atomic E-state index is 12.0. The van der Waals surface area contributed by atoms with Crippen LogP contribution in [0.3, 0.4) is 0 Å². The Kier molecular flexibility index (Phi) is 3.52. The van der Waals surface area contributed by atoms with Crippen molar-refractivity contribution in [3.05, 3.63) is 59.7 Å². The predicted molar refractivity (Wildman–Crippen MR) is 78.3 cm³/mol. The number of hydrogen-bond acceptors (Lipinski definition) is 3. The van der Waals surface area contributed by atoms with Gasteiger partial charge in [-0.2, -0.15) is 0 Å². The van der Waals surface area contributed by atoms with Crippen LogP contribution in [0.25, 0.3) is 11.1 Å². The first kappa shape index (κ1) is 12.9. The van der Waals surface area contributed by atoms with Crippen LogP contribution in [0.4, 0.5) is 0 Å². The Morgan fingerprint density at radius 1 is 1.05 bits per heavy atom. The zero-order valence-electron chi connectivity index (χ0n) is 11.2. The zero-order valence-corrected chi connectivity index (χ0v) is 11.2. The molecular formula is C17H17NO2. The van der Waals surface area contributed by atoms with Crippen molar-refractivity contribution in [1.82, 2.24) is 0 Å². The van der Waals surface area contributed by atoms with Gasteiger partial charge in [0.25, 0.3) is 0 Å². The van der Waals surface area contributed by atoms with Gasteiger partial charge >= 0.3 is 5.97 Å². The largest absolute Gasteiger partial charge is 0.454 e. The van der Waals surface area contributed by atoms with Crippen LogP contribution >= 0.6 is 0 Å². The molecular weight excluding hydrogens is 250 g/mol. The lowest BCUT2D eigenvalue weighted by Gasteiger charge is -2.09. The molecule has 0 aromatic heterocycles. The van der Waals surface area contributed by atoms with Crippen LogP contribution in [0.15, 0.2) is 48.5 Å². The summed E-state index contributed by atoms with van der Waals surface area (Å²) in [6.07, 6.45) is 1.52. The van der Waals surface area contributed by atoms with Gasteiger partial charge in [0, 0.05) is 5.56 Å². The van der Waals surface area contributed by atoms with Gasteiger partial charge in [-0.15, -0.1) is 0 Å². The molecule has 3 heteroatoms. The highest BCUT2D eigenvalue weighted by Crippen LogP contribution is 2.36. The third-order valence-electron chi connectivity index (χ3n) is 3.65. The number of cyclic esters (lactones) is 1. The second kappa shape index (κ2) is 5.47. The number of carbonyl (C=O) groups is 1. The molecule has 0 saturated heterocycles. The van der Waals surface area contributed by atoms with Crippen LogP contribution in [0.5, 0.6) is 0 Å². The summed E-state index contributed by atoms with van der Waals surface area (Å²) < 4.78 is 5.43. The van der Waals surface area contributed by atoms with Crippen molar-refractivity contribution < 1.29 is 9.53 Å². The zero-order chi connectivity index (χ0) is 13.9. The summed E-state index contributed by atoms with van der Waals surface area (Å²) in [6.45, 7) is 0.617. The van der Waals surface area contributed by atoms with Gasteiger partial charge in [-0.25, -0.2) is 4.79 Å². The Labute approximate surface area is 118 Å². The summed E-state index contributed by atoms with van der Waals surface area (Å²) in [6, 6.07) is 16.0. The van der Waals surface area contributed by atoms with Crippen LogP contribution in [0, 0.1) is 0 Å². The molecule has 2 N–H and O–H groups in total. The number of hydrogen-bond donors (Lipinski definition) is 1. The van der Waals surface area contributed by atoms with E-state index in [1.54, 1.807) is 0 Å². The number of carbonyl (C=O) groups excluding carboxylic acids is 1. The van der Waals surface area contributed by atoms with Gasteiger partial charge in [0.2, 0.25) is 0 Å². The highest BCUT2D eigenvalue weighted by Gasteiger charge is 2.30. The molecule has 0 amide bonds. The predicted octanol–water partition coefficient (Wildman–Crippen LogP) is 3.30. The summed E-state index contributed by atoms with van der Waals surface area (Å²) in [4.78, 5) is 12.0. The normalized spacial score (nSPS) is 16.9. The van der Waals surface area contributed by atoms with Gasteiger partial charge in [-0.3, -0.25) is 0 Å². The van der Waals surface area contributed by atoms with Gasteiger partial charge in [-0.1, -0.05) is 42.5 Å². The first-order valence-corrected chi connectivity index (χ1v) is 6.90. The molecule has 3 rings (SSSR count). The van der Waals surface area contributed by atoms with E-state index in [0.717, 1.165) is 29.5 Å². The number of benzene rings is 2. The molecule has 1 unspecified atom stereocenters. The van der Waals surface area contributed by atoms with Crippen LogP contribution in [-0.4, -0.2) is 12.5 Å². The van der Waals surface area contributed by atoms with Crippen molar-refractivity contribution in [2.45, 2.75) is 18.9 Å². The van der Waals surface area contributed by atoms with Crippen molar-refractivity contribution in [3.63, 3.8) is 0 Å². The molecule has 0 bridgehead atoms. The van der Waals surface area contributed by atoms with Gasteiger partial charge in [-0.05, 0) is 36.6 Å². The molecule has 0 radical (unpaired) electrons. The number of ether oxygens (including phenoxy) is 1. The van der Waals surface area contributed by atoms with E-state index in [1.807, 2.05) is 48.5 Å². The number of fused-ring (bicyclic) bond motifs is 1. The number of nitrogens with two attached hydrogens (primary N) is 1. The molecule has 2 aromatic carbocycles. The van der Waals surface area contributed by atoms with Crippen molar-refractivity contribution in [1.29, 1.82) is 0 Å². The molecule has 2 aromatic rings. The lowest BCUT2D eigenvalue weighted by atomic mass is 9.96. The van der Waals surface area contributed by atoms with E-state index in [0.29, 0.717) is 12.1 Å². The third-order valence-corrected chi connectivity index (χ3v) is 3.65. The SMILES string of the molecule is NCCCC1OC(=O)c2cc(-c3ccccc3)ccc21. The number of esters is 1. The minimum absolute atomic E-state index is 0.133. The van der Waals surface area contributed by atoms with Crippen molar-refractivity contribution in [3.8, 4) is 11.1 Å². The Morgan fingerprint density at radius 3 is 2.60 bits per heavy atom. The average Bonchev–Trinajstić information content (AvgIpc) is 2.82. The Bertz CT molecular complexity index is 622. The van der Waals surface area contributed by atoms with E-state index in [9.17, 15) is 4.79 Å². The van der Waals surface area contributed by atoms with Crippen LogP contribution < -0.4 is 5.73 Å². The van der Waals surface area contributed by atoms with Crippen molar-refractivity contribution in [2.24, 2.45) is 5.73 Å². The summed E-state index contributed by atoms with van der Waals surface area (Å²) in [5.41, 5.74) is 9.35. The molecule has 0 saturated carbocycles. The van der Waals surface area contributed by atoms with E-state index in [4.69, 9.17) is 10.5 Å². The van der Waals surface area contributed by atoms with Crippen LogP contribution in [0.1, 0.15) is 34.9 Å². The Morgan fingerprint density at radius 2 is 1.85 bits per heavy atom. The smallest absolute Gasteiger partial charge is 0.339 e. The maximum Gasteiger partial charge on any atom is 0.339 e. The lowest BCUT2D eigenvalue weighted by Crippen LogP contribution is -2.04. The van der Waals surface area contributed by atoms with Gasteiger partial charge in [0.15, 0.2) is 0 Å². The van der Waals surface area contributed by atoms with Crippen molar-refractivity contribution in [2.75, 3.05) is 6.54 Å². The van der Waals surface area contributed by atoms with Gasteiger partial charge in [0.1, 0.15) is 6.10 Å². The van der Waals surface area contributed by atoms with Crippen molar-refractivity contribution >= 4 is 5.97 Å². The summed E-state index contributed by atoms with van der Waals surface area (Å²) in [7, 11) is 0. The minimum atomic E-state index is -0.222. The molecule has 20 heavy (non-hydrogen) atoms. The summed E-state index contributed by atoms with van der Waals surface area (Å²) in [5.74, 6) is -0.222. The monoisotopic (exact) mass is 267 g/mol. The molecule has 3 nitrogen and oxygen atoms in total. The van der Waals surface area contributed by atoms with Gasteiger partial charge in [0.05, 0.1) is 5.56 Å². The topological polar surface area (TPSA) is 52.3 Å². The highest BCUT2D eigenvalue weighted by molar-refractivity contribution is 5.95. The van der Waals surface area contributed by atoms with Crippen LogP contribution in [-0.2, 0) is 4.74 Å². The van der Waals surface area contributed by atoms with E-state index in [-0.39, 0.29) is 12.1 Å². The van der Waals surface area contributed by atoms with E-state index in [1.165, 1.54) is 0 Å². The number of rotatable bonds is 4. The van der Waals surface area contributed by atoms with E-state index >= 15 is 0 Å².